The number of rotatable bonds is 2. The first kappa shape index (κ1) is 15.4. The third-order valence-corrected chi connectivity index (χ3v) is 5.39. The summed E-state index contributed by atoms with van der Waals surface area (Å²) in [5.41, 5.74) is 0.771. The molecule has 2 aromatic rings. The van der Waals surface area contributed by atoms with Gasteiger partial charge in [0.15, 0.2) is 0 Å². The van der Waals surface area contributed by atoms with Crippen molar-refractivity contribution in [2.24, 2.45) is 5.92 Å². The second-order valence-electron chi connectivity index (χ2n) is 6.94. The summed E-state index contributed by atoms with van der Waals surface area (Å²) in [6.07, 6.45) is 5.44. The fraction of sp³-hybridized carbons (Fsp3) is 0.556. The molecule has 2 atom stereocenters. The lowest BCUT2D eigenvalue weighted by Gasteiger charge is -2.42. The summed E-state index contributed by atoms with van der Waals surface area (Å²) in [6, 6.07) is 7.80. The number of aromatic amines is 1. The number of aromatic nitrogens is 2. The molecule has 2 aliphatic rings. The fourth-order valence-corrected chi connectivity index (χ4v) is 4.11. The molecule has 1 aromatic heterocycles. The average molecular weight is 329 g/mol. The lowest BCUT2D eigenvalue weighted by Crippen LogP contribution is -2.46. The molecule has 0 radical (unpaired) electrons. The van der Waals surface area contributed by atoms with E-state index in [2.05, 4.69) is 9.88 Å². The van der Waals surface area contributed by atoms with Gasteiger partial charge in [-0.2, -0.15) is 4.57 Å². The number of benzene rings is 1. The van der Waals surface area contributed by atoms with Crippen molar-refractivity contribution < 1.29 is 9.53 Å². The molecule has 4 rings (SSSR count). The number of carbonyl (C=O) groups excluding carboxylic acids is 1. The van der Waals surface area contributed by atoms with Crippen LogP contribution < -0.4 is 5.69 Å². The highest BCUT2D eigenvalue weighted by Gasteiger charge is 2.30. The topological polar surface area (TPSA) is 67.3 Å². The summed E-state index contributed by atoms with van der Waals surface area (Å²) in [5, 5.41) is 0. The molecule has 0 spiro atoms. The van der Waals surface area contributed by atoms with Crippen molar-refractivity contribution in [3.63, 3.8) is 0 Å². The van der Waals surface area contributed by atoms with E-state index in [1.807, 2.05) is 6.07 Å². The highest BCUT2D eigenvalue weighted by molar-refractivity contribution is 5.86. The third-order valence-electron chi connectivity index (χ3n) is 5.39. The monoisotopic (exact) mass is 329 g/mol. The Morgan fingerprint density at radius 2 is 2.08 bits per heavy atom. The molecule has 0 saturated carbocycles. The van der Waals surface area contributed by atoms with Crippen LogP contribution in [0.1, 0.15) is 32.1 Å². The number of fused-ring (bicyclic) bond motifs is 2. The second-order valence-corrected chi connectivity index (χ2v) is 6.94. The van der Waals surface area contributed by atoms with Gasteiger partial charge in [0.05, 0.1) is 17.6 Å². The zero-order valence-corrected chi connectivity index (χ0v) is 13.7. The van der Waals surface area contributed by atoms with E-state index in [0.29, 0.717) is 29.6 Å². The van der Waals surface area contributed by atoms with Crippen LogP contribution in [0.4, 0.5) is 4.79 Å². The molecule has 0 bridgehead atoms. The Hall–Kier alpha value is -2.08. The number of imidazole rings is 1. The minimum Gasteiger partial charge on any atom is -0.449 e. The van der Waals surface area contributed by atoms with Crippen LogP contribution in [0.15, 0.2) is 29.1 Å². The van der Waals surface area contributed by atoms with Crippen molar-refractivity contribution in [1.29, 1.82) is 0 Å². The van der Waals surface area contributed by atoms with E-state index in [4.69, 9.17) is 4.74 Å². The smallest absolute Gasteiger partial charge is 0.422 e. The summed E-state index contributed by atoms with van der Waals surface area (Å²) < 4.78 is 6.57. The maximum atomic E-state index is 12.4. The fourth-order valence-electron chi connectivity index (χ4n) is 4.11. The Balaban J connectivity index is 1.41. The van der Waals surface area contributed by atoms with Gasteiger partial charge in [-0.05, 0) is 56.8 Å². The lowest BCUT2D eigenvalue weighted by atomic mass is 9.86. The number of nitrogens with one attached hydrogen (secondary N) is 1. The van der Waals surface area contributed by atoms with Crippen molar-refractivity contribution in [3.8, 4) is 0 Å². The minimum atomic E-state index is -0.580. The molecular formula is C18H23N3O3. The molecule has 0 aliphatic carbocycles. The van der Waals surface area contributed by atoms with E-state index in [1.165, 1.54) is 25.8 Å². The molecule has 128 valence electrons. The van der Waals surface area contributed by atoms with E-state index in [9.17, 15) is 9.59 Å². The quantitative estimate of drug-likeness (QED) is 0.919. The van der Waals surface area contributed by atoms with E-state index in [-0.39, 0.29) is 0 Å². The highest BCUT2D eigenvalue weighted by atomic mass is 16.5. The molecular weight excluding hydrogens is 306 g/mol. The predicted octanol–water partition coefficient (Wildman–Crippen LogP) is 2.58. The van der Waals surface area contributed by atoms with Gasteiger partial charge < -0.3 is 14.6 Å². The maximum Gasteiger partial charge on any atom is 0.422 e. The van der Waals surface area contributed by atoms with Gasteiger partial charge in [0, 0.05) is 6.04 Å². The second kappa shape index (κ2) is 6.43. The SMILES string of the molecule is O=C(OCC1CCN2CCCCC2C1)n1c(=O)[nH]c2ccccc21. The number of hydrogen-bond acceptors (Lipinski definition) is 4. The summed E-state index contributed by atoms with van der Waals surface area (Å²) >= 11 is 0. The van der Waals surface area contributed by atoms with Gasteiger partial charge in [0.2, 0.25) is 0 Å². The molecule has 2 saturated heterocycles. The Labute approximate surface area is 140 Å². The van der Waals surface area contributed by atoms with Crippen molar-refractivity contribution in [2.75, 3.05) is 19.7 Å². The molecule has 2 fully saturated rings. The van der Waals surface area contributed by atoms with Crippen molar-refractivity contribution in [2.45, 2.75) is 38.1 Å². The summed E-state index contributed by atoms with van der Waals surface area (Å²) in [4.78, 5) is 29.7. The number of ether oxygens (including phenoxy) is 1. The van der Waals surface area contributed by atoms with Crippen molar-refractivity contribution in [1.82, 2.24) is 14.5 Å². The molecule has 3 heterocycles. The van der Waals surface area contributed by atoms with Gasteiger partial charge in [-0.25, -0.2) is 9.59 Å². The summed E-state index contributed by atoms with van der Waals surface area (Å²) in [7, 11) is 0. The first-order chi connectivity index (χ1) is 11.7. The Morgan fingerprint density at radius 1 is 1.21 bits per heavy atom. The zero-order chi connectivity index (χ0) is 16.5. The van der Waals surface area contributed by atoms with Crippen LogP contribution in [0.3, 0.4) is 0 Å². The molecule has 2 aliphatic heterocycles. The predicted molar refractivity (Wildman–Crippen MR) is 91.2 cm³/mol. The van der Waals surface area contributed by atoms with Crippen LogP contribution in [0.5, 0.6) is 0 Å². The van der Waals surface area contributed by atoms with Crippen LogP contribution in [0.25, 0.3) is 11.0 Å². The number of hydrogen-bond donors (Lipinski definition) is 1. The number of carbonyl (C=O) groups is 1. The minimum absolute atomic E-state index is 0.397. The number of nitrogens with zero attached hydrogens (tertiary/aromatic N) is 2. The van der Waals surface area contributed by atoms with E-state index in [1.54, 1.807) is 18.2 Å². The van der Waals surface area contributed by atoms with E-state index >= 15 is 0 Å². The molecule has 6 nitrogen and oxygen atoms in total. The van der Waals surface area contributed by atoms with E-state index < -0.39 is 11.8 Å². The van der Waals surface area contributed by atoms with E-state index in [0.717, 1.165) is 24.0 Å². The van der Waals surface area contributed by atoms with Gasteiger partial charge in [0.1, 0.15) is 0 Å². The largest absolute Gasteiger partial charge is 0.449 e. The number of piperidine rings is 2. The average Bonchev–Trinajstić information content (AvgIpc) is 2.95. The molecule has 6 heteroatoms. The standard InChI is InChI=1S/C18H23N3O3/c22-17-19-15-6-1-2-7-16(15)21(17)18(23)24-12-13-8-10-20-9-4-3-5-14(20)11-13/h1-2,6-7,13-14H,3-5,8-12H2,(H,19,22). The molecule has 2 unspecified atom stereocenters. The highest BCUT2D eigenvalue weighted by Crippen LogP contribution is 2.29. The number of H-pyrrole nitrogens is 1. The van der Waals surface area contributed by atoms with Crippen LogP contribution in [0.2, 0.25) is 0 Å². The van der Waals surface area contributed by atoms with Crippen molar-refractivity contribution >= 4 is 17.1 Å². The maximum absolute atomic E-state index is 12.4. The third kappa shape index (κ3) is 2.86. The Kier molecular flexibility index (Phi) is 4.14. The first-order valence-electron chi connectivity index (χ1n) is 8.83. The summed E-state index contributed by atoms with van der Waals surface area (Å²) in [6.45, 7) is 2.71. The van der Waals surface area contributed by atoms with Crippen LogP contribution in [-0.2, 0) is 4.74 Å². The lowest BCUT2D eigenvalue weighted by molar-refractivity contribution is 0.0478. The zero-order valence-electron chi connectivity index (χ0n) is 13.7. The number of para-hydroxylation sites is 2. The van der Waals surface area contributed by atoms with Crippen LogP contribution in [-0.4, -0.2) is 46.3 Å². The Morgan fingerprint density at radius 3 is 3.00 bits per heavy atom. The summed E-state index contributed by atoms with van der Waals surface area (Å²) in [5.74, 6) is 0.397. The molecule has 1 N–H and O–H groups in total. The van der Waals surface area contributed by atoms with Gasteiger partial charge in [0.25, 0.3) is 0 Å². The molecule has 1 aromatic carbocycles. The van der Waals surface area contributed by atoms with Crippen molar-refractivity contribution in [3.05, 3.63) is 34.7 Å². The van der Waals surface area contributed by atoms with Gasteiger partial charge in [-0.3, -0.25) is 0 Å². The molecule has 0 amide bonds. The van der Waals surface area contributed by atoms with Gasteiger partial charge in [-0.1, -0.05) is 18.6 Å². The van der Waals surface area contributed by atoms with Gasteiger partial charge >= 0.3 is 11.8 Å². The van der Waals surface area contributed by atoms with Crippen LogP contribution >= 0.6 is 0 Å². The Bertz CT molecular complexity index is 794. The molecule has 24 heavy (non-hydrogen) atoms. The normalized spacial score (nSPS) is 24.7. The first-order valence-corrected chi connectivity index (χ1v) is 8.83. The van der Waals surface area contributed by atoms with Crippen LogP contribution in [0, 0.1) is 5.92 Å². The van der Waals surface area contributed by atoms with Gasteiger partial charge in [-0.15, -0.1) is 0 Å².